The van der Waals surface area contributed by atoms with Gasteiger partial charge >= 0.3 is 0 Å². The van der Waals surface area contributed by atoms with Gasteiger partial charge in [-0.2, -0.15) is 0 Å². The van der Waals surface area contributed by atoms with Crippen LogP contribution in [0.25, 0.3) is 17.4 Å². The predicted molar refractivity (Wildman–Crippen MR) is 128 cm³/mol. The standard InChI is InChI=1S/C24H19N3O5S/c1-13-8-14(2)10-17(9-13)26-23(29)19(22(28)25-24(26)33)12-18-6-7-21(32-18)16-5-4-15(3)20(11-16)27(30)31/h4-12H,1-3H3,(H,25,28,33)/b19-12+. The molecule has 0 unspecified atom stereocenters. The maximum atomic E-state index is 13.2. The number of carbonyl (C=O) groups excluding carboxylic acids is 2. The van der Waals surface area contributed by atoms with Gasteiger partial charge < -0.3 is 4.42 Å². The van der Waals surface area contributed by atoms with Gasteiger partial charge in [0.15, 0.2) is 5.11 Å². The van der Waals surface area contributed by atoms with Crippen LogP contribution in [0, 0.1) is 30.9 Å². The van der Waals surface area contributed by atoms with E-state index in [0.29, 0.717) is 22.6 Å². The molecule has 1 N–H and O–H groups in total. The van der Waals surface area contributed by atoms with Crippen molar-refractivity contribution in [3.63, 3.8) is 0 Å². The largest absolute Gasteiger partial charge is 0.457 e. The molecule has 0 bridgehead atoms. The van der Waals surface area contributed by atoms with Crippen LogP contribution >= 0.6 is 12.2 Å². The molecule has 0 saturated carbocycles. The Labute approximate surface area is 194 Å². The average molecular weight is 461 g/mol. The third-order valence-corrected chi connectivity index (χ3v) is 5.45. The Morgan fingerprint density at radius 2 is 1.73 bits per heavy atom. The number of nitro benzene ring substituents is 1. The Morgan fingerprint density at radius 1 is 1.03 bits per heavy atom. The van der Waals surface area contributed by atoms with Crippen molar-refractivity contribution in [1.29, 1.82) is 0 Å². The van der Waals surface area contributed by atoms with Gasteiger partial charge in [-0.1, -0.05) is 18.2 Å². The number of aryl methyl sites for hydroxylation is 3. The molecule has 1 aliphatic rings. The lowest BCUT2D eigenvalue weighted by Gasteiger charge is -2.29. The van der Waals surface area contributed by atoms with Gasteiger partial charge in [0, 0.05) is 17.2 Å². The van der Waals surface area contributed by atoms with Gasteiger partial charge in [-0.15, -0.1) is 0 Å². The van der Waals surface area contributed by atoms with Gasteiger partial charge in [0.1, 0.15) is 17.1 Å². The fourth-order valence-electron chi connectivity index (χ4n) is 3.66. The summed E-state index contributed by atoms with van der Waals surface area (Å²) in [5, 5.41) is 13.8. The van der Waals surface area contributed by atoms with Crippen molar-refractivity contribution >= 4 is 46.6 Å². The van der Waals surface area contributed by atoms with Crippen molar-refractivity contribution in [2.75, 3.05) is 4.90 Å². The molecule has 0 spiro atoms. The number of rotatable bonds is 4. The highest BCUT2D eigenvalue weighted by Gasteiger charge is 2.35. The molecule has 0 radical (unpaired) electrons. The molecule has 1 aromatic heterocycles. The molecular weight excluding hydrogens is 442 g/mol. The van der Waals surface area contributed by atoms with Gasteiger partial charge in [0.2, 0.25) is 0 Å². The van der Waals surface area contributed by atoms with Crippen LogP contribution in [0.3, 0.4) is 0 Å². The van der Waals surface area contributed by atoms with Crippen LogP contribution < -0.4 is 10.2 Å². The predicted octanol–water partition coefficient (Wildman–Crippen LogP) is 4.61. The zero-order valence-electron chi connectivity index (χ0n) is 18.0. The van der Waals surface area contributed by atoms with Gasteiger partial charge in [-0.05, 0) is 74.5 Å². The Morgan fingerprint density at radius 3 is 2.39 bits per heavy atom. The van der Waals surface area contributed by atoms with Crippen molar-refractivity contribution in [2.45, 2.75) is 20.8 Å². The molecule has 166 valence electrons. The number of furan rings is 1. The fraction of sp³-hybridized carbons (Fsp3) is 0.125. The molecule has 2 heterocycles. The summed E-state index contributed by atoms with van der Waals surface area (Å²) in [7, 11) is 0. The Hall–Kier alpha value is -4.11. The maximum absolute atomic E-state index is 13.2. The molecule has 3 aromatic rings. The van der Waals surface area contributed by atoms with E-state index in [9.17, 15) is 19.7 Å². The van der Waals surface area contributed by atoms with E-state index >= 15 is 0 Å². The SMILES string of the molecule is Cc1cc(C)cc(N2C(=O)/C(=C/c3ccc(-c4ccc(C)c([N+](=O)[O-])c4)o3)C(=O)NC2=S)c1. The lowest BCUT2D eigenvalue weighted by Crippen LogP contribution is -2.54. The van der Waals surface area contributed by atoms with Gasteiger partial charge in [-0.25, -0.2) is 0 Å². The molecule has 33 heavy (non-hydrogen) atoms. The third kappa shape index (κ3) is 4.31. The summed E-state index contributed by atoms with van der Waals surface area (Å²) in [6, 6.07) is 13.6. The van der Waals surface area contributed by atoms with Crippen molar-refractivity contribution in [3.8, 4) is 11.3 Å². The highest BCUT2D eigenvalue weighted by atomic mass is 32.1. The zero-order valence-corrected chi connectivity index (χ0v) is 18.9. The lowest BCUT2D eigenvalue weighted by molar-refractivity contribution is -0.385. The number of hydrogen-bond acceptors (Lipinski definition) is 6. The van der Waals surface area contributed by atoms with Crippen molar-refractivity contribution in [1.82, 2.24) is 5.32 Å². The smallest absolute Gasteiger partial charge is 0.273 e. The number of amides is 2. The topological polar surface area (TPSA) is 106 Å². The Bertz CT molecular complexity index is 1350. The number of nitro groups is 1. The number of hydrogen-bond donors (Lipinski definition) is 1. The number of thiocarbonyl (C=S) groups is 1. The first-order chi connectivity index (χ1) is 15.6. The maximum Gasteiger partial charge on any atom is 0.273 e. The second kappa shape index (κ2) is 8.44. The van der Waals surface area contributed by atoms with E-state index in [4.69, 9.17) is 16.6 Å². The summed E-state index contributed by atoms with van der Waals surface area (Å²) in [6.07, 6.45) is 1.33. The van der Waals surface area contributed by atoms with Crippen LogP contribution in [0.15, 0.2) is 58.5 Å². The molecule has 0 atom stereocenters. The van der Waals surface area contributed by atoms with E-state index in [2.05, 4.69) is 5.32 Å². The molecule has 2 amide bonds. The first kappa shape index (κ1) is 22.1. The van der Waals surface area contributed by atoms with E-state index in [1.165, 1.54) is 17.0 Å². The van der Waals surface area contributed by atoms with E-state index in [-0.39, 0.29) is 22.1 Å². The van der Waals surface area contributed by atoms with Crippen LogP contribution in [0.5, 0.6) is 0 Å². The lowest BCUT2D eigenvalue weighted by atomic mass is 10.1. The van der Waals surface area contributed by atoms with Gasteiger partial charge in [0.05, 0.1) is 10.6 Å². The number of anilines is 1. The average Bonchev–Trinajstić information content (AvgIpc) is 3.19. The van der Waals surface area contributed by atoms with Crippen LogP contribution in [-0.4, -0.2) is 21.9 Å². The van der Waals surface area contributed by atoms with Crippen molar-refractivity contribution in [3.05, 3.63) is 86.7 Å². The van der Waals surface area contributed by atoms with Crippen LogP contribution in [-0.2, 0) is 9.59 Å². The van der Waals surface area contributed by atoms with Crippen molar-refractivity contribution < 1.29 is 18.9 Å². The summed E-state index contributed by atoms with van der Waals surface area (Å²) < 4.78 is 5.77. The Balaban J connectivity index is 1.69. The molecule has 1 saturated heterocycles. The minimum atomic E-state index is -0.630. The molecule has 1 fully saturated rings. The Kier molecular flexibility index (Phi) is 5.65. The second-order valence-electron chi connectivity index (χ2n) is 7.76. The quantitative estimate of drug-likeness (QED) is 0.200. The molecule has 4 rings (SSSR count). The number of nitrogens with one attached hydrogen (secondary N) is 1. The first-order valence-corrected chi connectivity index (χ1v) is 10.4. The summed E-state index contributed by atoms with van der Waals surface area (Å²) in [5.41, 5.74) is 3.33. The van der Waals surface area contributed by atoms with E-state index in [1.807, 2.05) is 32.0 Å². The summed E-state index contributed by atoms with van der Waals surface area (Å²) >= 11 is 5.25. The zero-order chi connectivity index (χ0) is 23.9. The molecule has 9 heteroatoms. The van der Waals surface area contributed by atoms with Gasteiger partial charge in [0.25, 0.3) is 17.5 Å². The third-order valence-electron chi connectivity index (χ3n) is 5.17. The summed E-state index contributed by atoms with van der Waals surface area (Å²) in [6.45, 7) is 5.46. The van der Waals surface area contributed by atoms with E-state index < -0.39 is 16.7 Å². The molecular formula is C24H19N3O5S. The molecule has 8 nitrogen and oxygen atoms in total. The van der Waals surface area contributed by atoms with E-state index in [0.717, 1.165) is 11.1 Å². The van der Waals surface area contributed by atoms with Crippen LogP contribution in [0.2, 0.25) is 0 Å². The minimum Gasteiger partial charge on any atom is -0.457 e. The first-order valence-electron chi connectivity index (χ1n) is 9.99. The van der Waals surface area contributed by atoms with Crippen LogP contribution in [0.4, 0.5) is 11.4 Å². The van der Waals surface area contributed by atoms with E-state index in [1.54, 1.807) is 31.2 Å². The summed E-state index contributed by atoms with van der Waals surface area (Å²) in [4.78, 5) is 37.8. The van der Waals surface area contributed by atoms with Crippen molar-refractivity contribution in [2.24, 2.45) is 0 Å². The minimum absolute atomic E-state index is 0.000696. The highest BCUT2D eigenvalue weighted by Crippen LogP contribution is 2.30. The normalized spacial score (nSPS) is 15.2. The fourth-order valence-corrected chi connectivity index (χ4v) is 3.94. The number of benzene rings is 2. The number of nitrogens with zero attached hydrogens (tertiary/aromatic N) is 2. The number of carbonyl (C=O) groups is 2. The summed E-state index contributed by atoms with van der Waals surface area (Å²) in [5.74, 6) is -0.581. The monoisotopic (exact) mass is 461 g/mol. The molecule has 2 aromatic carbocycles. The second-order valence-corrected chi connectivity index (χ2v) is 8.15. The van der Waals surface area contributed by atoms with Crippen LogP contribution in [0.1, 0.15) is 22.5 Å². The van der Waals surface area contributed by atoms with Gasteiger partial charge in [-0.3, -0.25) is 29.9 Å². The molecule has 0 aliphatic carbocycles. The molecule has 1 aliphatic heterocycles. The highest BCUT2D eigenvalue weighted by molar-refractivity contribution is 7.80.